The molecule has 5 aliphatic rings. The Labute approximate surface area is 165 Å². The lowest BCUT2D eigenvalue weighted by atomic mass is 9.49. The molecule has 5 fully saturated rings. The van der Waals surface area contributed by atoms with Crippen molar-refractivity contribution >= 4 is 11.8 Å². The SMILES string of the molecule is O=C(NC1CCN(C(=O)C23CC4CC(CC(C4)C2)C3)CC1)c1ccccc1F. The number of nitrogens with one attached hydrogen (secondary N) is 1. The lowest BCUT2D eigenvalue weighted by molar-refractivity contribution is -0.158. The van der Waals surface area contributed by atoms with Crippen LogP contribution in [0.4, 0.5) is 4.39 Å². The zero-order valence-corrected chi connectivity index (χ0v) is 16.3. The molecule has 1 saturated heterocycles. The molecule has 0 radical (unpaired) electrons. The number of nitrogens with zero attached hydrogens (tertiary/aromatic N) is 1. The normalized spacial score (nSPS) is 34.5. The van der Waals surface area contributed by atoms with Crippen molar-refractivity contribution in [1.29, 1.82) is 0 Å². The van der Waals surface area contributed by atoms with E-state index in [9.17, 15) is 14.0 Å². The molecule has 0 spiro atoms. The topological polar surface area (TPSA) is 49.4 Å². The van der Waals surface area contributed by atoms with Gasteiger partial charge >= 0.3 is 0 Å². The molecule has 1 aromatic carbocycles. The summed E-state index contributed by atoms with van der Waals surface area (Å²) in [5.74, 6) is 1.84. The van der Waals surface area contributed by atoms with Crippen LogP contribution >= 0.6 is 0 Å². The van der Waals surface area contributed by atoms with Crippen LogP contribution in [-0.4, -0.2) is 35.8 Å². The molecular weight excluding hydrogens is 355 g/mol. The van der Waals surface area contributed by atoms with Crippen LogP contribution in [0.3, 0.4) is 0 Å². The van der Waals surface area contributed by atoms with Crippen molar-refractivity contribution in [3.63, 3.8) is 0 Å². The number of piperidine rings is 1. The molecule has 150 valence electrons. The molecule has 0 aromatic heterocycles. The number of likely N-dealkylation sites (tertiary alicyclic amines) is 1. The fourth-order valence-electron chi connectivity index (χ4n) is 6.84. The van der Waals surface area contributed by atoms with E-state index in [1.807, 2.05) is 0 Å². The van der Waals surface area contributed by atoms with Crippen molar-refractivity contribution in [2.75, 3.05) is 13.1 Å². The number of rotatable bonds is 3. The molecule has 6 rings (SSSR count). The van der Waals surface area contributed by atoms with Crippen molar-refractivity contribution < 1.29 is 14.0 Å². The van der Waals surface area contributed by atoms with Gasteiger partial charge in [0.05, 0.1) is 11.0 Å². The van der Waals surface area contributed by atoms with E-state index >= 15 is 0 Å². The summed E-state index contributed by atoms with van der Waals surface area (Å²) < 4.78 is 13.8. The number of halogens is 1. The molecular formula is C23H29FN2O2. The average molecular weight is 384 g/mol. The van der Waals surface area contributed by atoms with Crippen LogP contribution in [0.1, 0.15) is 61.7 Å². The predicted octanol–water partition coefficient (Wildman–Crippen LogP) is 3.76. The van der Waals surface area contributed by atoms with E-state index in [1.165, 1.54) is 31.4 Å². The summed E-state index contributed by atoms with van der Waals surface area (Å²) in [6.45, 7) is 1.39. The van der Waals surface area contributed by atoms with Gasteiger partial charge in [-0.2, -0.15) is 0 Å². The Bertz CT molecular complexity index is 749. The Balaban J connectivity index is 1.19. The molecule has 4 bridgehead atoms. The summed E-state index contributed by atoms with van der Waals surface area (Å²) in [4.78, 5) is 27.8. The van der Waals surface area contributed by atoms with Gasteiger partial charge in [-0.3, -0.25) is 9.59 Å². The Kier molecular flexibility index (Phi) is 4.44. The van der Waals surface area contributed by atoms with Gasteiger partial charge in [0, 0.05) is 19.1 Å². The lowest BCUT2D eigenvalue weighted by Crippen LogP contribution is -2.56. The predicted molar refractivity (Wildman–Crippen MR) is 104 cm³/mol. The molecule has 0 atom stereocenters. The number of carbonyl (C=O) groups is 2. The highest BCUT2D eigenvalue weighted by atomic mass is 19.1. The summed E-state index contributed by atoms with van der Waals surface area (Å²) >= 11 is 0. The van der Waals surface area contributed by atoms with Crippen LogP contribution in [0, 0.1) is 29.0 Å². The first-order valence-corrected chi connectivity index (χ1v) is 10.9. The minimum Gasteiger partial charge on any atom is -0.349 e. The number of hydrogen-bond donors (Lipinski definition) is 1. The summed E-state index contributed by atoms with van der Waals surface area (Å²) in [7, 11) is 0. The second-order valence-corrected chi connectivity index (χ2v) is 9.72. The summed E-state index contributed by atoms with van der Waals surface area (Å²) in [6.07, 6.45) is 8.83. The molecule has 2 amide bonds. The number of hydrogen-bond acceptors (Lipinski definition) is 2. The van der Waals surface area contributed by atoms with Gasteiger partial charge in [0.25, 0.3) is 5.91 Å². The minimum absolute atomic E-state index is 0.00696. The highest BCUT2D eigenvalue weighted by Crippen LogP contribution is 2.60. The summed E-state index contributed by atoms with van der Waals surface area (Å²) in [6, 6.07) is 6.08. The van der Waals surface area contributed by atoms with E-state index in [1.54, 1.807) is 12.1 Å². The van der Waals surface area contributed by atoms with E-state index in [0.29, 0.717) is 19.0 Å². The molecule has 1 heterocycles. The summed E-state index contributed by atoms with van der Waals surface area (Å²) in [5.41, 5.74) is 0.00688. The molecule has 0 unspecified atom stereocenters. The highest BCUT2D eigenvalue weighted by Gasteiger charge is 2.55. The molecule has 4 saturated carbocycles. The van der Waals surface area contributed by atoms with Gasteiger partial charge in [-0.25, -0.2) is 4.39 Å². The third-order valence-electron chi connectivity index (χ3n) is 7.73. The van der Waals surface area contributed by atoms with Crippen LogP contribution in [-0.2, 0) is 4.79 Å². The fourth-order valence-corrected chi connectivity index (χ4v) is 6.84. The van der Waals surface area contributed by atoms with E-state index in [4.69, 9.17) is 0 Å². The molecule has 4 nitrogen and oxygen atoms in total. The maximum absolute atomic E-state index is 13.8. The van der Waals surface area contributed by atoms with Crippen LogP contribution < -0.4 is 5.32 Å². The second-order valence-electron chi connectivity index (χ2n) is 9.72. The van der Waals surface area contributed by atoms with Crippen LogP contribution in [0.25, 0.3) is 0 Å². The van der Waals surface area contributed by atoms with Crippen molar-refractivity contribution in [2.24, 2.45) is 23.2 Å². The standard InChI is InChI=1S/C23H29FN2O2/c24-20-4-2-1-3-19(20)21(27)25-18-5-7-26(8-6-18)22(28)23-12-15-9-16(13-23)11-17(10-15)14-23/h1-4,15-18H,5-14H2,(H,25,27). The van der Waals surface area contributed by atoms with Crippen LogP contribution in [0.5, 0.6) is 0 Å². The Hall–Kier alpha value is -1.91. The van der Waals surface area contributed by atoms with E-state index in [0.717, 1.165) is 49.9 Å². The maximum Gasteiger partial charge on any atom is 0.254 e. The average Bonchev–Trinajstić information content (AvgIpc) is 2.67. The number of benzene rings is 1. The molecule has 4 aliphatic carbocycles. The van der Waals surface area contributed by atoms with Gasteiger partial charge < -0.3 is 10.2 Å². The van der Waals surface area contributed by atoms with E-state index < -0.39 is 5.82 Å². The Morgan fingerprint density at radius 3 is 2.11 bits per heavy atom. The highest BCUT2D eigenvalue weighted by molar-refractivity contribution is 5.94. The van der Waals surface area contributed by atoms with E-state index in [2.05, 4.69) is 10.2 Å². The second kappa shape index (κ2) is 6.85. The maximum atomic E-state index is 13.8. The molecule has 1 aliphatic heterocycles. The van der Waals surface area contributed by atoms with Crippen molar-refractivity contribution in [1.82, 2.24) is 10.2 Å². The largest absolute Gasteiger partial charge is 0.349 e. The van der Waals surface area contributed by atoms with Crippen LogP contribution in [0.2, 0.25) is 0 Å². The first-order chi connectivity index (χ1) is 13.5. The van der Waals surface area contributed by atoms with Gasteiger partial charge in [0.1, 0.15) is 5.82 Å². The van der Waals surface area contributed by atoms with E-state index in [-0.39, 0.29) is 22.9 Å². The minimum atomic E-state index is -0.491. The lowest BCUT2D eigenvalue weighted by Gasteiger charge is -2.57. The zero-order chi connectivity index (χ0) is 19.3. The fraction of sp³-hybridized carbons (Fsp3) is 0.652. The first kappa shape index (κ1) is 18.1. The summed E-state index contributed by atoms with van der Waals surface area (Å²) in [5, 5.41) is 2.95. The van der Waals surface area contributed by atoms with Crippen LogP contribution in [0.15, 0.2) is 24.3 Å². The van der Waals surface area contributed by atoms with Gasteiger partial charge in [-0.05, 0) is 81.3 Å². The molecule has 5 heteroatoms. The van der Waals surface area contributed by atoms with Gasteiger partial charge in [-0.1, -0.05) is 12.1 Å². The number of carbonyl (C=O) groups excluding carboxylic acids is 2. The van der Waals surface area contributed by atoms with Gasteiger partial charge in [-0.15, -0.1) is 0 Å². The Morgan fingerprint density at radius 2 is 1.54 bits per heavy atom. The number of amides is 2. The monoisotopic (exact) mass is 384 g/mol. The molecule has 28 heavy (non-hydrogen) atoms. The van der Waals surface area contributed by atoms with Gasteiger partial charge in [0.15, 0.2) is 0 Å². The van der Waals surface area contributed by atoms with Crippen molar-refractivity contribution in [3.05, 3.63) is 35.6 Å². The Morgan fingerprint density at radius 1 is 0.964 bits per heavy atom. The quantitative estimate of drug-likeness (QED) is 0.863. The smallest absolute Gasteiger partial charge is 0.254 e. The zero-order valence-electron chi connectivity index (χ0n) is 16.3. The molecule has 1 N–H and O–H groups in total. The third-order valence-corrected chi connectivity index (χ3v) is 7.73. The first-order valence-electron chi connectivity index (χ1n) is 10.9. The van der Waals surface area contributed by atoms with Crippen molar-refractivity contribution in [2.45, 2.75) is 57.4 Å². The molecule has 1 aromatic rings. The van der Waals surface area contributed by atoms with Gasteiger partial charge in [0.2, 0.25) is 5.91 Å². The third kappa shape index (κ3) is 3.13. The van der Waals surface area contributed by atoms with Crippen molar-refractivity contribution in [3.8, 4) is 0 Å².